The first-order valence-corrected chi connectivity index (χ1v) is 6.22. The molecule has 0 fully saturated rings. The van der Waals surface area contributed by atoms with Gasteiger partial charge in [-0.15, -0.1) is 0 Å². The summed E-state index contributed by atoms with van der Waals surface area (Å²) in [7, 11) is 0. The van der Waals surface area contributed by atoms with Crippen LogP contribution < -0.4 is 0 Å². The van der Waals surface area contributed by atoms with Crippen LogP contribution in [0, 0.1) is 13.8 Å². The standard InChI is InChI=1S/C18H18/c1-15-7-11-17(12-8-15)5-3-4-6-18-13-9-16(2)10-14-18/h3-14H,1-2H3/b5-3+,6-4+. The van der Waals surface area contributed by atoms with Gasteiger partial charge in [0.05, 0.1) is 0 Å². The maximum absolute atomic E-state index is 2.13. The fourth-order valence-corrected chi connectivity index (χ4v) is 1.69. The van der Waals surface area contributed by atoms with Crippen LogP contribution in [0.2, 0.25) is 0 Å². The minimum atomic E-state index is 1.23. The van der Waals surface area contributed by atoms with Gasteiger partial charge in [0.25, 0.3) is 0 Å². The van der Waals surface area contributed by atoms with Gasteiger partial charge in [-0.2, -0.15) is 0 Å². The molecule has 0 saturated carbocycles. The number of allylic oxidation sites excluding steroid dienone is 2. The molecule has 0 amide bonds. The normalized spacial score (nSPS) is 11.4. The Balaban J connectivity index is 1.98. The fraction of sp³-hybridized carbons (Fsp3) is 0.111. The highest BCUT2D eigenvalue weighted by molar-refractivity contribution is 5.57. The molecule has 0 saturated heterocycles. The van der Waals surface area contributed by atoms with Gasteiger partial charge in [-0.25, -0.2) is 0 Å². The maximum Gasteiger partial charge on any atom is -0.0256 e. The molecule has 0 aliphatic rings. The lowest BCUT2D eigenvalue weighted by Gasteiger charge is -1.94. The molecule has 0 unspecified atom stereocenters. The minimum Gasteiger partial charge on any atom is -0.0617 e. The molecule has 0 nitrogen and oxygen atoms in total. The van der Waals surface area contributed by atoms with E-state index in [9.17, 15) is 0 Å². The zero-order valence-corrected chi connectivity index (χ0v) is 10.9. The quantitative estimate of drug-likeness (QED) is 0.653. The fourth-order valence-electron chi connectivity index (χ4n) is 1.69. The lowest BCUT2D eigenvalue weighted by Crippen LogP contribution is -1.73. The Morgan fingerprint density at radius 3 is 1.22 bits per heavy atom. The molecule has 0 aliphatic carbocycles. The van der Waals surface area contributed by atoms with Crippen molar-refractivity contribution in [1.29, 1.82) is 0 Å². The molecule has 0 atom stereocenters. The Morgan fingerprint density at radius 2 is 0.889 bits per heavy atom. The lowest BCUT2D eigenvalue weighted by molar-refractivity contribution is 1.46. The highest BCUT2D eigenvalue weighted by Gasteiger charge is 1.86. The first-order chi connectivity index (χ1) is 8.74. The van der Waals surface area contributed by atoms with E-state index in [2.05, 4.69) is 86.7 Å². The van der Waals surface area contributed by atoms with Crippen LogP contribution in [0.4, 0.5) is 0 Å². The van der Waals surface area contributed by atoms with E-state index in [1.165, 1.54) is 22.3 Å². The summed E-state index contributed by atoms with van der Waals surface area (Å²) in [5, 5.41) is 0. The molecule has 2 aromatic rings. The third kappa shape index (κ3) is 3.74. The Kier molecular flexibility index (Phi) is 4.14. The molecular formula is C18H18. The first kappa shape index (κ1) is 12.4. The van der Waals surface area contributed by atoms with Gasteiger partial charge in [-0.3, -0.25) is 0 Å². The van der Waals surface area contributed by atoms with Crippen molar-refractivity contribution in [3.8, 4) is 0 Å². The Hall–Kier alpha value is -2.08. The summed E-state index contributed by atoms with van der Waals surface area (Å²) in [6, 6.07) is 17.0. The second-order valence-corrected chi connectivity index (χ2v) is 4.54. The topological polar surface area (TPSA) is 0 Å². The van der Waals surface area contributed by atoms with Crippen molar-refractivity contribution >= 4 is 12.2 Å². The predicted octanol–water partition coefficient (Wildman–Crippen LogP) is 5.03. The third-order valence-electron chi connectivity index (χ3n) is 2.84. The van der Waals surface area contributed by atoms with Crippen LogP contribution >= 0.6 is 0 Å². The minimum absolute atomic E-state index is 1.23. The summed E-state index contributed by atoms with van der Waals surface area (Å²) in [5.41, 5.74) is 5.05. The molecule has 0 bridgehead atoms. The van der Waals surface area contributed by atoms with Crippen LogP contribution in [0.25, 0.3) is 12.2 Å². The van der Waals surface area contributed by atoms with E-state index in [0.717, 1.165) is 0 Å². The number of rotatable bonds is 3. The van der Waals surface area contributed by atoms with E-state index in [-0.39, 0.29) is 0 Å². The predicted molar refractivity (Wildman–Crippen MR) is 80.4 cm³/mol. The largest absolute Gasteiger partial charge is 0.0617 e. The SMILES string of the molecule is Cc1ccc(/C=C/C=C/c2ccc(C)cc2)cc1. The van der Waals surface area contributed by atoms with Gasteiger partial charge < -0.3 is 0 Å². The van der Waals surface area contributed by atoms with Crippen molar-refractivity contribution in [3.05, 3.63) is 82.9 Å². The third-order valence-corrected chi connectivity index (χ3v) is 2.84. The second kappa shape index (κ2) is 6.02. The van der Waals surface area contributed by atoms with Crippen molar-refractivity contribution in [2.45, 2.75) is 13.8 Å². The van der Waals surface area contributed by atoms with Crippen molar-refractivity contribution in [3.63, 3.8) is 0 Å². The van der Waals surface area contributed by atoms with Gasteiger partial charge in [0, 0.05) is 0 Å². The number of hydrogen-bond acceptors (Lipinski definition) is 0. The van der Waals surface area contributed by atoms with E-state index in [4.69, 9.17) is 0 Å². The zero-order chi connectivity index (χ0) is 12.8. The molecule has 0 radical (unpaired) electrons. The second-order valence-electron chi connectivity index (χ2n) is 4.54. The zero-order valence-electron chi connectivity index (χ0n) is 10.9. The smallest absolute Gasteiger partial charge is 0.0256 e. The molecule has 18 heavy (non-hydrogen) atoms. The molecule has 0 heteroatoms. The lowest BCUT2D eigenvalue weighted by atomic mass is 10.1. The molecule has 0 aromatic heterocycles. The summed E-state index contributed by atoms with van der Waals surface area (Å²) < 4.78 is 0. The summed E-state index contributed by atoms with van der Waals surface area (Å²) in [4.78, 5) is 0. The van der Waals surface area contributed by atoms with Gasteiger partial charge in [-0.1, -0.05) is 84.0 Å². The number of aryl methyl sites for hydroxylation is 2. The Labute approximate surface area is 109 Å². The van der Waals surface area contributed by atoms with Crippen LogP contribution in [0.3, 0.4) is 0 Å². The number of benzene rings is 2. The van der Waals surface area contributed by atoms with E-state index in [1.807, 2.05) is 0 Å². The number of hydrogen-bond donors (Lipinski definition) is 0. The summed E-state index contributed by atoms with van der Waals surface area (Å²) in [6.45, 7) is 4.20. The molecule has 0 N–H and O–H groups in total. The molecule has 0 aliphatic heterocycles. The average Bonchev–Trinajstić information content (AvgIpc) is 2.39. The van der Waals surface area contributed by atoms with Crippen LogP contribution in [0.15, 0.2) is 60.7 Å². The molecule has 0 heterocycles. The first-order valence-electron chi connectivity index (χ1n) is 6.22. The van der Waals surface area contributed by atoms with E-state index in [0.29, 0.717) is 0 Å². The summed E-state index contributed by atoms with van der Waals surface area (Å²) in [6.07, 6.45) is 8.38. The van der Waals surface area contributed by atoms with Crippen LogP contribution in [-0.4, -0.2) is 0 Å². The van der Waals surface area contributed by atoms with Gasteiger partial charge in [0.1, 0.15) is 0 Å². The van der Waals surface area contributed by atoms with Crippen LogP contribution in [0.5, 0.6) is 0 Å². The van der Waals surface area contributed by atoms with E-state index >= 15 is 0 Å². The Bertz CT molecular complexity index is 486. The monoisotopic (exact) mass is 234 g/mol. The summed E-state index contributed by atoms with van der Waals surface area (Å²) in [5.74, 6) is 0. The van der Waals surface area contributed by atoms with Gasteiger partial charge in [-0.05, 0) is 25.0 Å². The van der Waals surface area contributed by atoms with Crippen molar-refractivity contribution in [2.24, 2.45) is 0 Å². The molecule has 90 valence electrons. The highest BCUT2D eigenvalue weighted by atomic mass is 13.9. The van der Waals surface area contributed by atoms with Crippen LogP contribution in [0.1, 0.15) is 22.3 Å². The van der Waals surface area contributed by atoms with Gasteiger partial charge in [0.15, 0.2) is 0 Å². The van der Waals surface area contributed by atoms with Crippen molar-refractivity contribution in [2.75, 3.05) is 0 Å². The molecule has 2 rings (SSSR count). The summed E-state index contributed by atoms with van der Waals surface area (Å²) >= 11 is 0. The molecule has 2 aromatic carbocycles. The van der Waals surface area contributed by atoms with E-state index < -0.39 is 0 Å². The van der Waals surface area contributed by atoms with Gasteiger partial charge >= 0.3 is 0 Å². The van der Waals surface area contributed by atoms with E-state index in [1.54, 1.807) is 0 Å². The van der Waals surface area contributed by atoms with Gasteiger partial charge in [0.2, 0.25) is 0 Å². The molecular weight excluding hydrogens is 216 g/mol. The maximum atomic E-state index is 2.13. The molecule has 0 spiro atoms. The van der Waals surface area contributed by atoms with Crippen LogP contribution in [-0.2, 0) is 0 Å². The average molecular weight is 234 g/mol. The Morgan fingerprint density at radius 1 is 0.556 bits per heavy atom. The highest BCUT2D eigenvalue weighted by Crippen LogP contribution is 2.07. The van der Waals surface area contributed by atoms with Crippen molar-refractivity contribution in [1.82, 2.24) is 0 Å². The van der Waals surface area contributed by atoms with Crippen molar-refractivity contribution < 1.29 is 0 Å².